The number of morpholine rings is 1. The van der Waals surface area contributed by atoms with E-state index in [2.05, 4.69) is 4.74 Å². The van der Waals surface area contributed by atoms with Gasteiger partial charge in [-0.1, -0.05) is 17.7 Å². The minimum atomic E-state index is -0.235. The van der Waals surface area contributed by atoms with E-state index in [9.17, 15) is 4.79 Å². The van der Waals surface area contributed by atoms with E-state index >= 15 is 0 Å². The van der Waals surface area contributed by atoms with E-state index < -0.39 is 0 Å². The van der Waals surface area contributed by atoms with Crippen molar-refractivity contribution in [2.75, 3.05) is 40.0 Å². The number of benzene rings is 1. The van der Waals surface area contributed by atoms with Crippen molar-refractivity contribution in [2.24, 2.45) is 0 Å². The molecule has 6 heteroatoms. The third-order valence-corrected chi connectivity index (χ3v) is 3.27. The molecule has 110 valence electrons. The van der Waals surface area contributed by atoms with Gasteiger partial charge in [-0.05, 0) is 18.2 Å². The number of ether oxygens (including phenoxy) is 3. The molecule has 0 aromatic heterocycles. The molecule has 0 spiro atoms. The first-order valence-electron chi connectivity index (χ1n) is 6.46. The van der Waals surface area contributed by atoms with Gasteiger partial charge in [-0.3, -0.25) is 9.69 Å². The molecule has 0 aliphatic carbocycles. The number of nitrogens with zero attached hydrogens (tertiary/aromatic N) is 1. The number of halogens is 1. The molecule has 1 aromatic rings. The monoisotopic (exact) mass is 299 g/mol. The molecular weight excluding hydrogens is 282 g/mol. The van der Waals surface area contributed by atoms with Gasteiger partial charge in [-0.15, -0.1) is 0 Å². The largest absolute Gasteiger partial charge is 0.491 e. The molecule has 1 aromatic carbocycles. The first-order valence-corrected chi connectivity index (χ1v) is 6.84. The molecule has 1 saturated heterocycles. The van der Waals surface area contributed by atoms with Crippen LogP contribution in [0.25, 0.3) is 0 Å². The zero-order valence-corrected chi connectivity index (χ0v) is 12.1. The third-order valence-electron chi connectivity index (χ3n) is 3.04. The smallest absolute Gasteiger partial charge is 0.319 e. The van der Waals surface area contributed by atoms with Crippen molar-refractivity contribution < 1.29 is 19.0 Å². The summed E-state index contributed by atoms with van der Waals surface area (Å²) in [7, 11) is 1.39. The Labute approximate surface area is 123 Å². The van der Waals surface area contributed by atoms with E-state index in [1.165, 1.54) is 7.11 Å². The van der Waals surface area contributed by atoms with Gasteiger partial charge in [0.1, 0.15) is 18.5 Å². The fourth-order valence-electron chi connectivity index (χ4n) is 2.02. The molecule has 0 unspecified atom stereocenters. The average Bonchev–Trinajstić information content (AvgIpc) is 2.45. The van der Waals surface area contributed by atoms with Crippen LogP contribution in [0.4, 0.5) is 0 Å². The minimum Gasteiger partial charge on any atom is -0.491 e. The lowest BCUT2D eigenvalue weighted by Crippen LogP contribution is -2.46. The summed E-state index contributed by atoms with van der Waals surface area (Å²) in [6.07, 6.45) is -0.0626. The lowest BCUT2D eigenvalue weighted by molar-refractivity contribution is -0.144. The lowest BCUT2D eigenvalue weighted by Gasteiger charge is -2.31. The maximum Gasteiger partial charge on any atom is 0.319 e. The molecule has 5 nitrogen and oxygen atoms in total. The van der Waals surface area contributed by atoms with Gasteiger partial charge in [0.2, 0.25) is 0 Å². The minimum absolute atomic E-state index is 0.0626. The summed E-state index contributed by atoms with van der Waals surface area (Å²) >= 11 is 5.89. The van der Waals surface area contributed by atoms with E-state index in [-0.39, 0.29) is 18.6 Å². The fraction of sp³-hybridized carbons (Fsp3) is 0.500. The Bertz CT molecular complexity index is 455. The van der Waals surface area contributed by atoms with Gasteiger partial charge in [0, 0.05) is 18.1 Å². The van der Waals surface area contributed by atoms with Crippen LogP contribution in [0.2, 0.25) is 5.02 Å². The molecular formula is C14H18ClNO4. The predicted molar refractivity (Wildman–Crippen MR) is 75.1 cm³/mol. The van der Waals surface area contributed by atoms with E-state index in [1.807, 2.05) is 17.0 Å². The van der Waals surface area contributed by atoms with Crippen LogP contribution >= 0.6 is 11.6 Å². The number of carbonyl (C=O) groups is 1. The Hall–Kier alpha value is -1.30. The SMILES string of the molecule is COC(=O)CN1CCO[C@@H](COc2cccc(Cl)c2)C1. The summed E-state index contributed by atoms with van der Waals surface area (Å²) in [5.74, 6) is 0.479. The van der Waals surface area contributed by atoms with Crippen molar-refractivity contribution in [3.05, 3.63) is 29.3 Å². The maximum atomic E-state index is 11.3. The van der Waals surface area contributed by atoms with Crippen LogP contribution in [0.1, 0.15) is 0 Å². The number of esters is 1. The topological polar surface area (TPSA) is 48.0 Å². The van der Waals surface area contributed by atoms with Crippen LogP contribution in [-0.2, 0) is 14.3 Å². The second-order valence-electron chi connectivity index (χ2n) is 4.57. The van der Waals surface area contributed by atoms with Crippen LogP contribution in [0.5, 0.6) is 5.75 Å². The summed E-state index contributed by atoms with van der Waals surface area (Å²) in [6, 6.07) is 7.24. The van der Waals surface area contributed by atoms with Crippen LogP contribution < -0.4 is 4.74 Å². The Morgan fingerprint density at radius 1 is 1.55 bits per heavy atom. The van der Waals surface area contributed by atoms with Crippen LogP contribution in [0.3, 0.4) is 0 Å². The fourth-order valence-corrected chi connectivity index (χ4v) is 2.20. The van der Waals surface area contributed by atoms with Crippen LogP contribution in [-0.4, -0.2) is 56.9 Å². The maximum absolute atomic E-state index is 11.3. The molecule has 0 bridgehead atoms. The van der Waals surface area contributed by atoms with E-state index in [1.54, 1.807) is 12.1 Å². The van der Waals surface area contributed by atoms with Crippen molar-refractivity contribution in [3.8, 4) is 5.75 Å². The summed E-state index contributed by atoms with van der Waals surface area (Å²) in [5, 5.41) is 0.638. The van der Waals surface area contributed by atoms with Gasteiger partial charge in [0.05, 0.1) is 20.3 Å². The first-order chi connectivity index (χ1) is 9.67. The van der Waals surface area contributed by atoms with Crippen LogP contribution in [0.15, 0.2) is 24.3 Å². The summed E-state index contributed by atoms with van der Waals surface area (Å²) in [5.41, 5.74) is 0. The Morgan fingerprint density at radius 3 is 3.15 bits per heavy atom. The normalized spacial score (nSPS) is 19.6. The first kappa shape index (κ1) is 15.1. The molecule has 0 saturated carbocycles. The van der Waals surface area contributed by atoms with E-state index in [0.29, 0.717) is 30.5 Å². The molecule has 20 heavy (non-hydrogen) atoms. The van der Waals surface area contributed by atoms with Gasteiger partial charge < -0.3 is 14.2 Å². The van der Waals surface area contributed by atoms with Crippen molar-refractivity contribution in [1.82, 2.24) is 4.90 Å². The van der Waals surface area contributed by atoms with Gasteiger partial charge in [-0.2, -0.15) is 0 Å². The molecule has 1 heterocycles. The van der Waals surface area contributed by atoms with E-state index in [4.69, 9.17) is 21.1 Å². The highest BCUT2D eigenvalue weighted by molar-refractivity contribution is 6.30. The number of hydrogen-bond acceptors (Lipinski definition) is 5. The molecule has 0 N–H and O–H groups in total. The number of rotatable bonds is 5. The summed E-state index contributed by atoms with van der Waals surface area (Å²) < 4.78 is 15.9. The Morgan fingerprint density at radius 2 is 2.40 bits per heavy atom. The highest BCUT2D eigenvalue weighted by Crippen LogP contribution is 2.18. The van der Waals surface area contributed by atoms with Crippen LogP contribution in [0, 0.1) is 0 Å². The quantitative estimate of drug-likeness (QED) is 0.773. The standard InChI is InChI=1S/C14H18ClNO4/c1-18-14(17)9-16-5-6-19-13(8-16)10-20-12-4-2-3-11(15)7-12/h2-4,7,13H,5-6,8-10H2,1H3/t13-/m1/s1. The highest BCUT2D eigenvalue weighted by atomic mass is 35.5. The molecule has 0 radical (unpaired) electrons. The number of methoxy groups -OCH3 is 1. The molecule has 0 amide bonds. The third kappa shape index (κ3) is 4.67. The van der Waals surface area contributed by atoms with Crippen molar-refractivity contribution in [1.29, 1.82) is 0 Å². The zero-order chi connectivity index (χ0) is 14.4. The summed E-state index contributed by atoms with van der Waals surface area (Å²) in [4.78, 5) is 13.3. The molecule has 1 aliphatic heterocycles. The average molecular weight is 300 g/mol. The number of hydrogen-bond donors (Lipinski definition) is 0. The molecule has 2 rings (SSSR count). The zero-order valence-electron chi connectivity index (χ0n) is 11.4. The second-order valence-corrected chi connectivity index (χ2v) is 5.01. The lowest BCUT2D eigenvalue weighted by atomic mass is 10.3. The van der Waals surface area contributed by atoms with Gasteiger partial charge in [-0.25, -0.2) is 0 Å². The molecule has 1 atom stereocenters. The Balaban J connectivity index is 1.79. The molecule has 1 aliphatic rings. The van der Waals surface area contributed by atoms with Gasteiger partial charge in [0.25, 0.3) is 0 Å². The number of carbonyl (C=O) groups excluding carboxylic acids is 1. The van der Waals surface area contributed by atoms with Gasteiger partial charge in [0.15, 0.2) is 0 Å². The highest BCUT2D eigenvalue weighted by Gasteiger charge is 2.22. The Kier molecular flexibility index (Phi) is 5.64. The van der Waals surface area contributed by atoms with Crippen molar-refractivity contribution >= 4 is 17.6 Å². The predicted octanol–water partition coefficient (Wildman–Crippen LogP) is 1.59. The van der Waals surface area contributed by atoms with Crippen molar-refractivity contribution in [3.63, 3.8) is 0 Å². The van der Waals surface area contributed by atoms with Gasteiger partial charge >= 0.3 is 5.97 Å². The summed E-state index contributed by atoms with van der Waals surface area (Å²) in [6.45, 7) is 2.67. The van der Waals surface area contributed by atoms with E-state index in [0.717, 1.165) is 6.54 Å². The second kappa shape index (κ2) is 7.47. The van der Waals surface area contributed by atoms with Crippen molar-refractivity contribution in [2.45, 2.75) is 6.10 Å². The molecule has 1 fully saturated rings.